The summed E-state index contributed by atoms with van der Waals surface area (Å²) in [7, 11) is 2.30. The normalized spacial score (nSPS) is 26.6. The zero-order valence-corrected chi connectivity index (χ0v) is 10.2. The van der Waals surface area contributed by atoms with Crippen molar-refractivity contribution < 1.29 is 0 Å². The zero-order valence-electron chi connectivity index (χ0n) is 10.2. The van der Waals surface area contributed by atoms with Gasteiger partial charge >= 0.3 is 0 Å². The van der Waals surface area contributed by atoms with E-state index >= 15 is 0 Å². The molecule has 2 N–H and O–H groups in total. The predicted octanol–water partition coefficient (Wildman–Crippen LogP) is 2.38. The number of hydrogen-bond acceptors (Lipinski definition) is 2. The molecule has 0 atom stereocenters. The lowest BCUT2D eigenvalue weighted by atomic mass is 9.73. The summed E-state index contributed by atoms with van der Waals surface area (Å²) in [4.78, 5) is 2.58. The molecule has 2 aliphatic carbocycles. The highest BCUT2D eigenvalue weighted by atomic mass is 15.1. The van der Waals surface area contributed by atoms with Crippen molar-refractivity contribution in [3.05, 3.63) is 0 Å². The summed E-state index contributed by atoms with van der Waals surface area (Å²) in [6.07, 6.45) is 11.2. The molecular formula is C13H26N2. The Kier molecular flexibility index (Phi) is 3.68. The summed E-state index contributed by atoms with van der Waals surface area (Å²) in [5, 5.41) is 0. The molecule has 0 spiro atoms. The van der Waals surface area contributed by atoms with Gasteiger partial charge in [0.05, 0.1) is 0 Å². The van der Waals surface area contributed by atoms with Crippen molar-refractivity contribution in [3.8, 4) is 0 Å². The van der Waals surface area contributed by atoms with Crippen molar-refractivity contribution in [1.82, 2.24) is 4.90 Å². The van der Waals surface area contributed by atoms with Crippen LogP contribution >= 0.6 is 0 Å². The van der Waals surface area contributed by atoms with Crippen LogP contribution in [0.3, 0.4) is 0 Å². The van der Waals surface area contributed by atoms with Crippen LogP contribution in [0.1, 0.15) is 51.4 Å². The molecule has 0 saturated heterocycles. The Balaban J connectivity index is 1.87. The third-order valence-electron chi connectivity index (χ3n) is 4.63. The summed E-state index contributed by atoms with van der Waals surface area (Å²) in [6.45, 7) is 2.14. The molecule has 0 bridgehead atoms. The van der Waals surface area contributed by atoms with Crippen molar-refractivity contribution in [2.24, 2.45) is 11.1 Å². The Hall–Kier alpha value is -0.0800. The molecule has 2 heteroatoms. The van der Waals surface area contributed by atoms with E-state index in [1.54, 1.807) is 0 Å². The zero-order chi connectivity index (χ0) is 10.7. The lowest BCUT2D eigenvalue weighted by Crippen LogP contribution is -2.47. The fraction of sp³-hybridized carbons (Fsp3) is 1.00. The Morgan fingerprint density at radius 1 is 1.13 bits per heavy atom. The van der Waals surface area contributed by atoms with Crippen LogP contribution < -0.4 is 5.73 Å². The van der Waals surface area contributed by atoms with E-state index < -0.39 is 0 Å². The molecule has 0 aromatic carbocycles. The van der Waals surface area contributed by atoms with Crippen LogP contribution in [0.15, 0.2) is 0 Å². The highest BCUT2D eigenvalue weighted by Gasteiger charge is 2.34. The van der Waals surface area contributed by atoms with Gasteiger partial charge in [-0.05, 0) is 44.7 Å². The van der Waals surface area contributed by atoms with Crippen LogP contribution in [0.25, 0.3) is 0 Å². The molecule has 2 fully saturated rings. The monoisotopic (exact) mass is 210 g/mol. The number of rotatable bonds is 4. The smallest absolute Gasteiger partial charge is 0.00924 e. The highest BCUT2D eigenvalue weighted by Crippen LogP contribution is 2.37. The molecule has 2 nitrogen and oxygen atoms in total. The predicted molar refractivity (Wildman–Crippen MR) is 64.8 cm³/mol. The number of nitrogens with two attached hydrogens (primary N) is 1. The lowest BCUT2D eigenvalue weighted by Gasteiger charge is -2.44. The minimum atomic E-state index is 0.461. The first kappa shape index (κ1) is 11.4. The SMILES string of the molecule is CN(CC1(CN)CCCCC1)C1CCC1. The standard InChI is InChI=1S/C13H26N2/c1-15(12-6-5-7-12)11-13(10-14)8-3-2-4-9-13/h12H,2-11,14H2,1H3. The topological polar surface area (TPSA) is 29.3 Å². The first-order valence-corrected chi connectivity index (χ1v) is 6.66. The molecule has 2 saturated carbocycles. The molecule has 0 amide bonds. The van der Waals surface area contributed by atoms with E-state index in [9.17, 15) is 0 Å². The van der Waals surface area contributed by atoms with Gasteiger partial charge in [-0.1, -0.05) is 25.7 Å². The van der Waals surface area contributed by atoms with Crippen LogP contribution in [0.4, 0.5) is 0 Å². The average Bonchev–Trinajstić information content (AvgIpc) is 2.16. The van der Waals surface area contributed by atoms with Crippen LogP contribution in [0.5, 0.6) is 0 Å². The van der Waals surface area contributed by atoms with Gasteiger partial charge < -0.3 is 10.6 Å². The van der Waals surface area contributed by atoms with Crippen molar-refractivity contribution >= 4 is 0 Å². The largest absolute Gasteiger partial charge is 0.330 e. The Morgan fingerprint density at radius 3 is 2.27 bits per heavy atom. The minimum Gasteiger partial charge on any atom is -0.330 e. The second-order valence-electron chi connectivity index (χ2n) is 5.76. The van der Waals surface area contributed by atoms with Crippen LogP contribution in [-0.2, 0) is 0 Å². The number of nitrogens with zero attached hydrogens (tertiary/aromatic N) is 1. The molecule has 88 valence electrons. The molecule has 15 heavy (non-hydrogen) atoms. The molecule has 0 radical (unpaired) electrons. The molecule has 0 aliphatic heterocycles. The molecule has 2 rings (SSSR count). The maximum absolute atomic E-state index is 6.02. The maximum atomic E-state index is 6.02. The van der Waals surface area contributed by atoms with E-state index in [2.05, 4.69) is 11.9 Å². The van der Waals surface area contributed by atoms with Gasteiger partial charge in [0, 0.05) is 12.6 Å². The van der Waals surface area contributed by atoms with E-state index in [1.807, 2.05) is 0 Å². The molecule has 0 aromatic rings. The van der Waals surface area contributed by atoms with E-state index in [0.717, 1.165) is 12.6 Å². The maximum Gasteiger partial charge on any atom is 0.00924 e. The van der Waals surface area contributed by atoms with E-state index in [0.29, 0.717) is 5.41 Å². The van der Waals surface area contributed by atoms with Crippen molar-refractivity contribution in [2.75, 3.05) is 20.1 Å². The highest BCUT2D eigenvalue weighted by molar-refractivity contribution is 4.89. The summed E-state index contributed by atoms with van der Waals surface area (Å²) >= 11 is 0. The second kappa shape index (κ2) is 4.84. The van der Waals surface area contributed by atoms with Gasteiger partial charge in [0.1, 0.15) is 0 Å². The van der Waals surface area contributed by atoms with Crippen LogP contribution in [0.2, 0.25) is 0 Å². The average molecular weight is 210 g/mol. The summed E-state index contributed by atoms with van der Waals surface area (Å²) in [5.74, 6) is 0. The fourth-order valence-corrected chi connectivity index (χ4v) is 3.21. The first-order valence-electron chi connectivity index (χ1n) is 6.66. The Labute approximate surface area is 94.2 Å². The Bertz CT molecular complexity index is 193. The third kappa shape index (κ3) is 2.54. The molecule has 0 unspecified atom stereocenters. The van der Waals surface area contributed by atoms with Gasteiger partial charge in [0.25, 0.3) is 0 Å². The molecular weight excluding hydrogens is 184 g/mol. The first-order chi connectivity index (χ1) is 7.26. The van der Waals surface area contributed by atoms with Crippen molar-refractivity contribution in [2.45, 2.75) is 57.4 Å². The van der Waals surface area contributed by atoms with Gasteiger partial charge in [-0.2, -0.15) is 0 Å². The summed E-state index contributed by atoms with van der Waals surface area (Å²) < 4.78 is 0. The van der Waals surface area contributed by atoms with Gasteiger partial charge in [0.15, 0.2) is 0 Å². The van der Waals surface area contributed by atoms with Crippen molar-refractivity contribution in [1.29, 1.82) is 0 Å². The van der Waals surface area contributed by atoms with E-state index in [-0.39, 0.29) is 0 Å². The lowest BCUT2D eigenvalue weighted by molar-refractivity contribution is 0.0717. The Morgan fingerprint density at radius 2 is 1.80 bits per heavy atom. The molecule has 0 aromatic heterocycles. The van der Waals surface area contributed by atoms with Gasteiger partial charge in [-0.3, -0.25) is 0 Å². The van der Waals surface area contributed by atoms with Crippen LogP contribution in [0, 0.1) is 5.41 Å². The van der Waals surface area contributed by atoms with Gasteiger partial charge in [-0.25, -0.2) is 0 Å². The molecule has 0 heterocycles. The van der Waals surface area contributed by atoms with Crippen LogP contribution in [-0.4, -0.2) is 31.1 Å². The summed E-state index contributed by atoms with van der Waals surface area (Å²) in [6, 6.07) is 0.871. The second-order valence-corrected chi connectivity index (χ2v) is 5.76. The van der Waals surface area contributed by atoms with E-state index in [4.69, 9.17) is 5.73 Å². The number of hydrogen-bond donors (Lipinski definition) is 1. The van der Waals surface area contributed by atoms with Crippen molar-refractivity contribution in [3.63, 3.8) is 0 Å². The third-order valence-corrected chi connectivity index (χ3v) is 4.63. The molecule has 2 aliphatic rings. The van der Waals surface area contributed by atoms with Gasteiger partial charge in [-0.15, -0.1) is 0 Å². The minimum absolute atomic E-state index is 0.461. The quantitative estimate of drug-likeness (QED) is 0.772. The fourth-order valence-electron chi connectivity index (χ4n) is 3.21. The van der Waals surface area contributed by atoms with E-state index in [1.165, 1.54) is 57.9 Å². The summed E-state index contributed by atoms with van der Waals surface area (Å²) in [5.41, 5.74) is 6.48. The van der Waals surface area contributed by atoms with Gasteiger partial charge in [0.2, 0.25) is 0 Å².